The van der Waals surface area contributed by atoms with Gasteiger partial charge in [0.15, 0.2) is 0 Å². The number of carbonyl (C=O) groups is 1. The fraction of sp³-hybridized carbons (Fsp3) is 0.364. The normalized spacial score (nSPS) is 9.50. The van der Waals surface area contributed by atoms with Gasteiger partial charge < -0.3 is 5.32 Å². The third-order valence-corrected chi connectivity index (χ3v) is 2.32. The van der Waals surface area contributed by atoms with E-state index in [1.54, 1.807) is 6.07 Å². The molecule has 1 heterocycles. The molecule has 0 spiro atoms. The molecule has 1 rings (SSSR count). The Morgan fingerprint density at radius 2 is 2.38 bits per heavy atom. The lowest BCUT2D eigenvalue weighted by molar-refractivity contribution is 0.0953. The molecule has 1 N–H and O–H groups in total. The number of unbranched alkanes of at least 4 members (excludes halogenated alkanes) is 2. The molecule has 0 unspecified atom stereocenters. The first-order chi connectivity index (χ1) is 7.75. The number of aromatic nitrogens is 1. The van der Waals surface area contributed by atoms with Crippen LogP contribution in [-0.2, 0) is 0 Å². The van der Waals surface area contributed by atoms with Crippen molar-refractivity contribution in [3.05, 3.63) is 29.0 Å². The quantitative estimate of drug-likeness (QED) is 0.798. The van der Waals surface area contributed by atoms with Crippen molar-refractivity contribution in [3.8, 4) is 6.07 Å². The Hall–Kier alpha value is -1.60. The molecular weight excluding hydrogens is 226 g/mol. The second kappa shape index (κ2) is 6.81. The highest BCUT2D eigenvalue weighted by Gasteiger charge is 2.08. The van der Waals surface area contributed by atoms with E-state index >= 15 is 0 Å². The number of rotatable bonds is 5. The molecule has 16 heavy (non-hydrogen) atoms. The fourth-order valence-electron chi connectivity index (χ4n) is 1.19. The Balaban J connectivity index is 2.36. The lowest BCUT2D eigenvalue weighted by atomic mass is 10.2. The van der Waals surface area contributed by atoms with Crippen LogP contribution in [0, 0.1) is 11.3 Å². The van der Waals surface area contributed by atoms with Gasteiger partial charge in [-0.2, -0.15) is 5.26 Å². The van der Waals surface area contributed by atoms with Crippen molar-refractivity contribution in [2.45, 2.75) is 19.3 Å². The summed E-state index contributed by atoms with van der Waals surface area (Å²) >= 11 is 5.82. The summed E-state index contributed by atoms with van der Waals surface area (Å²) in [6, 6.07) is 3.63. The molecule has 0 aromatic carbocycles. The maximum atomic E-state index is 11.6. The van der Waals surface area contributed by atoms with Crippen LogP contribution in [0.25, 0.3) is 0 Å². The Kier molecular flexibility index (Phi) is 5.30. The predicted octanol–water partition coefficient (Wildman–Crippen LogP) is 2.16. The smallest absolute Gasteiger partial charge is 0.252 e. The molecule has 84 valence electrons. The van der Waals surface area contributed by atoms with Crippen LogP contribution < -0.4 is 5.32 Å². The van der Waals surface area contributed by atoms with Crippen LogP contribution in [0.4, 0.5) is 0 Å². The number of carbonyl (C=O) groups excluding carboxylic acids is 1. The van der Waals surface area contributed by atoms with Gasteiger partial charge in [-0.05, 0) is 18.9 Å². The van der Waals surface area contributed by atoms with Crippen LogP contribution in [0.15, 0.2) is 18.5 Å². The van der Waals surface area contributed by atoms with Gasteiger partial charge in [-0.15, -0.1) is 0 Å². The highest BCUT2D eigenvalue weighted by Crippen LogP contribution is 2.12. The van der Waals surface area contributed by atoms with Crippen molar-refractivity contribution in [1.82, 2.24) is 10.3 Å². The van der Waals surface area contributed by atoms with E-state index in [9.17, 15) is 4.79 Å². The van der Waals surface area contributed by atoms with Crippen LogP contribution in [0.2, 0.25) is 5.02 Å². The summed E-state index contributed by atoms with van der Waals surface area (Å²) in [5.74, 6) is -0.204. The summed E-state index contributed by atoms with van der Waals surface area (Å²) in [6.07, 6.45) is 5.07. The predicted molar refractivity (Wildman–Crippen MR) is 61.0 cm³/mol. The first kappa shape index (κ1) is 12.5. The van der Waals surface area contributed by atoms with Gasteiger partial charge in [-0.1, -0.05) is 11.6 Å². The Labute approximate surface area is 99.2 Å². The highest BCUT2D eigenvalue weighted by atomic mass is 35.5. The SMILES string of the molecule is N#CCCCCNC(=O)c1ccncc1Cl. The summed E-state index contributed by atoms with van der Waals surface area (Å²) in [4.78, 5) is 15.4. The van der Waals surface area contributed by atoms with Gasteiger partial charge in [-0.25, -0.2) is 0 Å². The largest absolute Gasteiger partial charge is 0.352 e. The first-order valence-electron chi connectivity index (χ1n) is 5.00. The Morgan fingerprint density at radius 3 is 3.06 bits per heavy atom. The molecule has 0 aliphatic heterocycles. The molecule has 0 fully saturated rings. The second-order valence-corrected chi connectivity index (χ2v) is 3.63. The standard InChI is InChI=1S/C11H12ClN3O/c12-10-8-14-7-4-9(10)11(16)15-6-3-1-2-5-13/h4,7-8H,1-3,6H2,(H,15,16). The van der Waals surface area contributed by atoms with E-state index in [0.717, 1.165) is 12.8 Å². The molecule has 0 bridgehead atoms. The number of amides is 1. The molecule has 1 amide bonds. The molecule has 0 aliphatic carbocycles. The average molecular weight is 238 g/mol. The van der Waals surface area contributed by atoms with Crippen molar-refractivity contribution < 1.29 is 4.79 Å². The van der Waals surface area contributed by atoms with Crippen LogP contribution >= 0.6 is 11.6 Å². The number of nitrogens with zero attached hydrogens (tertiary/aromatic N) is 2. The molecule has 0 atom stereocenters. The molecule has 0 saturated heterocycles. The third kappa shape index (κ3) is 3.87. The van der Waals surface area contributed by atoms with Crippen molar-refractivity contribution in [2.24, 2.45) is 0 Å². The number of nitriles is 1. The maximum absolute atomic E-state index is 11.6. The monoisotopic (exact) mass is 237 g/mol. The van der Waals surface area contributed by atoms with Gasteiger partial charge in [0, 0.05) is 25.4 Å². The highest BCUT2D eigenvalue weighted by molar-refractivity contribution is 6.33. The van der Waals surface area contributed by atoms with Crippen LogP contribution in [0.1, 0.15) is 29.6 Å². The minimum Gasteiger partial charge on any atom is -0.352 e. The summed E-state index contributed by atoms with van der Waals surface area (Å²) in [7, 11) is 0. The number of pyridine rings is 1. The minimum atomic E-state index is -0.204. The van der Waals surface area contributed by atoms with Gasteiger partial charge in [-0.3, -0.25) is 9.78 Å². The maximum Gasteiger partial charge on any atom is 0.252 e. The number of nitrogens with one attached hydrogen (secondary N) is 1. The van der Waals surface area contributed by atoms with E-state index in [1.807, 2.05) is 0 Å². The van der Waals surface area contributed by atoms with Crippen LogP contribution in [0.5, 0.6) is 0 Å². The third-order valence-electron chi connectivity index (χ3n) is 2.02. The van der Waals surface area contributed by atoms with E-state index in [-0.39, 0.29) is 5.91 Å². The lowest BCUT2D eigenvalue weighted by Crippen LogP contribution is -2.24. The second-order valence-electron chi connectivity index (χ2n) is 3.23. The summed E-state index contributed by atoms with van der Waals surface area (Å²) < 4.78 is 0. The van der Waals surface area contributed by atoms with Crippen molar-refractivity contribution in [2.75, 3.05) is 6.54 Å². The molecule has 4 nitrogen and oxygen atoms in total. The molecule has 0 aliphatic rings. The van der Waals surface area contributed by atoms with Gasteiger partial charge in [0.25, 0.3) is 5.91 Å². The summed E-state index contributed by atoms with van der Waals surface area (Å²) in [5.41, 5.74) is 0.428. The molecule has 0 saturated carbocycles. The number of halogens is 1. The van der Waals surface area contributed by atoms with E-state index in [4.69, 9.17) is 16.9 Å². The van der Waals surface area contributed by atoms with Crippen LogP contribution in [-0.4, -0.2) is 17.4 Å². The Bertz CT molecular complexity index is 400. The van der Waals surface area contributed by atoms with Gasteiger partial charge >= 0.3 is 0 Å². The van der Waals surface area contributed by atoms with Gasteiger partial charge in [0.1, 0.15) is 0 Å². The van der Waals surface area contributed by atoms with Gasteiger partial charge in [0.2, 0.25) is 0 Å². The lowest BCUT2D eigenvalue weighted by Gasteiger charge is -2.05. The van der Waals surface area contributed by atoms with E-state index in [1.165, 1.54) is 12.4 Å². The topological polar surface area (TPSA) is 65.8 Å². The zero-order valence-corrected chi connectivity index (χ0v) is 9.50. The Morgan fingerprint density at radius 1 is 1.56 bits per heavy atom. The molecule has 5 heteroatoms. The van der Waals surface area contributed by atoms with Crippen molar-refractivity contribution in [1.29, 1.82) is 5.26 Å². The molecular formula is C11H12ClN3O. The molecule has 1 aromatic rings. The van der Waals surface area contributed by atoms with Crippen molar-refractivity contribution in [3.63, 3.8) is 0 Å². The zero-order chi connectivity index (χ0) is 11.8. The summed E-state index contributed by atoms with van der Waals surface area (Å²) in [5, 5.41) is 11.4. The van der Waals surface area contributed by atoms with E-state index in [2.05, 4.69) is 16.4 Å². The number of hydrogen-bond acceptors (Lipinski definition) is 3. The minimum absolute atomic E-state index is 0.204. The van der Waals surface area contributed by atoms with E-state index < -0.39 is 0 Å². The van der Waals surface area contributed by atoms with Crippen molar-refractivity contribution >= 4 is 17.5 Å². The van der Waals surface area contributed by atoms with Gasteiger partial charge in [0.05, 0.1) is 16.7 Å². The first-order valence-corrected chi connectivity index (χ1v) is 5.38. The zero-order valence-electron chi connectivity index (χ0n) is 8.74. The van der Waals surface area contributed by atoms with Crippen LogP contribution in [0.3, 0.4) is 0 Å². The van der Waals surface area contributed by atoms with E-state index in [0.29, 0.717) is 23.6 Å². The fourth-order valence-corrected chi connectivity index (χ4v) is 1.39. The summed E-state index contributed by atoms with van der Waals surface area (Å²) in [6.45, 7) is 0.555. The molecule has 0 radical (unpaired) electrons. The average Bonchev–Trinajstić information content (AvgIpc) is 2.29. The number of hydrogen-bond donors (Lipinski definition) is 1. The molecule has 1 aromatic heterocycles.